The lowest BCUT2D eigenvalue weighted by Gasteiger charge is -2.18. The van der Waals surface area contributed by atoms with Gasteiger partial charge in [-0.3, -0.25) is 14.9 Å². The number of aryl methyl sites for hydroxylation is 1. The van der Waals surface area contributed by atoms with Crippen molar-refractivity contribution in [2.24, 2.45) is 0 Å². The summed E-state index contributed by atoms with van der Waals surface area (Å²) in [6, 6.07) is 21.3. The van der Waals surface area contributed by atoms with E-state index in [9.17, 15) is 14.4 Å². The molecule has 0 atom stereocenters. The SMILES string of the molecule is Cc1ccc(NC(=O)OCC2c3ccccc3-c3ccccc32)c(C(=O)NC2(CC(=O)O)CC2)c1. The van der Waals surface area contributed by atoms with E-state index in [-0.39, 0.29) is 24.5 Å². The molecule has 0 radical (unpaired) electrons. The Morgan fingerprint density at radius 1 is 0.971 bits per heavy atom. The Balaban J connectivity index is 1.29. The third-order valence-electron chi connectivity index (χ3n) is 6.72. The molecule has 1 saturated carbocycles. The topological polar surface area (TPSA) is 105 Å². The van der Waals surface area contributed by atoms with Crippen LogP contribution in [0.3, 0.4) is 0 Å². The van der Waals surface area contributed by atoms with Crippen LogP contribution in [0.2, 0.25) is 0 Å². The summed E-state index contributed by atoms with van der Waals surface area (Å²) in [7, 11) is 0. The Morgan fingerprint density at radius 2 is 1.60 bits per heavy atom. The average Bonchev–Trinajstić information content (AvgIpc) is 3.50. The molecule has 0 aliphatic heterocycles. The molecular formula is C28H26N2O5. The number of carbonyl (C=O) groups excluding carboxylic acids is 2. The first-order valence-electron chi connectivity index (χ1n) is 11.6. The van der Waals surface area contributed by atoms with Gasteiger partial charge >= 0.3 is 12.1 Å². The number of anilines is 1. The highest BCUT2D eigenvalue weighted by molar-refractivity contribution is 6.03. The monoisotopic (exact) mass is 470 g/mol. The van der Waals surface area contributed by atoms with Crippen LogP contribution in [0.5, 0.6) is 0 Å². The van der Waals surface area contributed by atoms with Gasteiger partial charge in [-0.25, -0.2) is 4.79 Å². The summed E-state index contributed by atoms with van der Waals surface area (Å²) in [5.41, 5.74) is 5.24. The van der Waals surface area contributed by atoms with Gasteiger partial charge in [0.05, 0.1) is 23.2 Å². The molecule has 5 rings (SSSR count). The molecule has 0 aromatic heterocycles. The number of fused-ring (bicyclic) bond motifs is 3. The van der Waals surface area contributed by atoms with Crippen molar-refractivity contribution in [3.63, 3.8) is 0 Å². The van der Waals surface area contributed by atoms with Crippen LogP contribution in [0.1, 0.15) is 52.2 Å². The highest BCUT2D eigenvalue weighted by Gasteiger charge is 2.46. The number of ether oxygens (including phenoxy) is 1. The first-order valence-corrected chi connectivity index (χ1v) is 11.6. The van der Waals surface area contributed by atoms with Crippen LogP contribution in [0.4, 0.5) is 10.5 Å². The summed E-state index contributed by atoms with van der Waals surface area (Å²) in [6.45, 7) is 2.01. The van der Waals surface area contributed by atoms with Crippen LogP contribution in [-0.2, 0) is 9.53 Å². The van der Waals surface area contributed by atoms with Gasteiger partial charge in [0.15, 0.2) is 0 Å². The van der Waals surface area contributed by atoms with E-state index in [1.54, 1.807) is 18.2 Å². The van der Waals surface area contributed by atoms with Crippen molar-refractivity contribution >= 4 is 23.7 Å². The largest absolute Gasteiger partial charge is 0.481 e. The maximum absolute atomic E-state index is 13.0. The summed E-state index contributed by atoms with van der Waals surface area (Å²) in [5, 5.41) is 14.7. The lowest BCUT2D eigenvalue weighted by atomic mass is 9.98. The third-order valence-corrected chi connectivity index (χ3v) is 6.72. The minimum atomic E-state index is -0.955. The van der Waals surface area contributed by atoms with Crippen molar-refractivity contribution in [3.8, 4) is 11.1 Å². The maximum atomic E-state index is 13.0. The first-order chi connectivity index (χ1) is 16.8. The molecule has 3 N–H and O–H groups in total. The molecule has 7 heteroatoms. The van der Waals surface area contributed by atoms with Gasteiger partial charge in [-0.1, -0.05) is 60.2 Å². The van der Waals surface area contributed by atoms with E-state index in [0.29, 0.717) is 18.5 Å². The van der Waals surface area contributed by atoms with Crippen LogP contribution in [-0.4, -0.2) is 35.2 Å². The van der Waals surface area contributed by atoms with E-state index < -0.39 is 23.5 Å². The zero-order valence-electron chi connectivity index (χ0n) is 19.3. The Morgan fingerprint density at radius 3 is 2.20 bits per heavy atom. The molecule has 0 unspecified atom stereocenters. The molecule has 2 aliphatic carbocycles. The van der Waals surface area contributed by atoms with Gasteiger partial charge < -0.3 is 15.2 Å². The fourth-order valence-corrected chi connectivity index (χ4v) is 4.79. The molecule has 0 spiro atoms. The van der Waals surface area contributed by atoms with Crippen molar-refractivity contribution in [3.05, 3.63) is 89.0 Å². The third kappa shape index (κ3) is 4.62. The Kier molecular flexibility index (Phi) is 5.76. The van der Waals surface area contributed by atoms with Crippen molar-refractivity contribution in [2.45, 2.75) is 37.6 Å². The zero-order chi connectivity index (χ0) is 24.6. The van der Waals surface area contributed by atoms with Crippen LogP contribution in [0.25, 0.3) is 11.1 Å². The zero-order valence-corrected chi connectivity index (χ0v) is 19.3. The number of nitrogens with one attached hydrogen (secondary N) is 2. The van der Waals surface area contributed by atoms with Gasteiger partial charge in [-0.15, -0.1) is 0 Å². The van der Waals surface area contributed by atoms with Crippen molar-refractivity contribution in [1.29, 1.82) is 0 Å². The van der Waals surface area contributed by atoms with E-state index >= 15 is 0 Å². The quantitative estimate of drug-likeness (QED) is 0.446. The number of carboxylic acid groups (broad SMARTS) is 1. The molecule has 0 bridgehead atoms. The van der Waals surface area contributed by atoms with E-state index in [2.05, 4.69) is 34.9 Å². The molecule has 3 aromatic rings. The molecule has 2 aliphatic rings. The van der Waals surface area contributed by atoms with Gasteiger partial charge in [0.1, 0.15) is 6.61 Å². The minimum absolute atomic E-state index is 0.0697. The number of carbonyl (C=O) groups is 3. The highest BCUT2D eigenvalue weighted by atomic mass is 16.5. The molecule has 0 heterocycles. The number of benzene rings is 3. The van der Waals surface area contributed by atoms with Crippen molar-refractivity contribution < 1.29 is 24.2 Å². The van der Waals surface area contributed by atoms with Crippen LogP contribution < -0.4 is 10.6 Å². The van der Waals surface area contributed by atoms with Crippen LogP contribution in [0, 0.1) is 6.92 Å². The number of carboxylic acids is 1. The second kappa shape index (κ2) is 8.91. The Bertz CT molecular complexity index is 1280. The van der Waals surface area contributed by atoms with Crippen LogP contribution >= 0.6 is 0 Å². The van der Waals surface area contributed by atoms with E-state index in [1.165, 1.54) is 0 Å². The molecule has 3 aromatic carbocycles. The van der Waals surface area contributed by atoms with Crippen molar-refractivity contribution in [2.75, 3.05) is 11.9 Å². The molecule has 7 nitrogen and oxygen atoms in total. The fraction of sp³-hybridized carbons (Fsp3) is 0.250. The molecule has 35 heavy (non-hydrogen) atoms. The first kappa shape index (κ1) is 22.7. The van der Waals surface area contributed by atoms with Gasteiger partial charge in [0.25, 0.3) is 5.91 Å². The normalized spacial score (nSPS) is 15.0. The molecule has 178 valence electrons. The second-order valence-electron chi connectivity index (χ2n) is 9.30. The smallest absolute Gasteiger partial charge is 0.411 e. The number of rotatable bonds is 7. The van der Waals surface area contributed by atoms with Gasteiger partial charge in [-0.2, -0.15) is 0 Å². The molecule has 0 saturated heterocycles. The second-order valence-corrected chi connectivity index (χ2v) is 9.30. The highest BCUT2D eigenvalue weighted by Crippen LogP contribution is 2.44. The lowest BCUT2D eigenvalue weighted by Crippen LogP contribution is -2.39. The number of hydrogen-bond donors (Lipinski definition) is 3. The maximum Gasteiger partial charge on any atom is 0.411 e. The van der Waals surface area contributed by atoms with Crippen LogP contribution in [0.15, 0.2) is 66.7 Å². The fourth-order valence-electron chi connectivity index (χ4n) is 4.79. The summed E-state index contributed by atoms with van der Waals surface area (Å²) in [4.78, 5) is 36.9. The number of amides is 2. The molecule has 1 fully saturated rings. The lowest BCUT2D eigenvalue weighted by molar-refractivity contribution is -0.137. The summed E-state index contributed by atoms with van der Waals surface area (Å²) < 4.78 is 5.62. The Labute approximate surface area is 203 Å². The minimum Gasteiger partial charge on any atom is -0.481 e. The van der Waals surface area contributed by atoms with Gasteiger partial charge in [-0.05, 0) is 54.2 Å². The average molecular weight is 471 g/mol. The standard InChI is InChI=1S/C28H26N2O5/c1-17-10-11-24(22(14-17)26(33)30-28(12-13-28)15-25(31)32)29-27(34)35-16-23-20-8-4-2-6-18(20)19-7-3-5-9-21(19)23/h2-11,14,23H,12-13,15-16H2,1H3,(H,29,34)(H,30,33)(H,31,32). The summed E-state index contributed by atoms with van der Waals surface area (Å²) >= 11 is 0. The predicted octanol–water partition coefficient (Wildman–Crippen LogP) is 5.09. The van der Waals surface area contributed by atoms with Gasteiger partial charge in [0, 0.05) is 5.92 Å². The Hall–Kier alpha value is -4.13. The van der Waals surface area contributed by atoms with E-state index in [1.807, 2.05) is 31.2 Å². The molecular weight excluding hydrogens is 444 g/mol. The number of aliphatic carboxylic acids is 1. The van der Waals surface area contributed by atoms with Gasteiger partial charge in [0.2, 0.25) is 0 Å². The predicted molar refractivity (Wildman–Crippen MR) is 132 cm³/mol. The summed E-state index contributed by atoms with van der Waals surface area (Å²) in [5.74, 6) is -1.44. The van der Waals surface area contributed by atoms with E-state index in [4.69, 9.17) is 9.84 Å². The summed E-state index contributed by atoms with van der Waals surface area (Å²) in [6.07, 6.45) is 0.453. The van der Waals surface area contributed by atoms with E-state index in [0.717, 1.165) is 27.8 Å². The molecule has 2 amide bonds. The van der Waals surface area contributed by atoms with Crippen molar-refractivity contribution in [1.82, 2.24) is 5.32 Å². The number of hydrogen-bond acceptors (Lipinski definition) is 4.